The highest BCUT2D eigenvalue weighted by molar-refractivity contribution is 14.1. The van der Waals surface area contributed by atoms with Gasteiger partial charge in [0.1, 0.15) is 0 Å². The zero-order valence-corrected chi connectivity index (χ0v) is 12.8. The molecule has 1 atom stereocenters. The van der Waals surface area contributed by atoms with Crippen molar-refractivity contribution in [3.63, 3.8) is 0 Å². The third-order valence-corrected chi connectivity index (χ3v) is 3.94. The van der Waals surface area contributed by atoms with E-state index in [1.165, 1.54) is 6.07 Å². The van der Waals surface area contributed by atoms with Crippen LogP contribution in [-0.2, 0) is 6.42 Å². The maximum absolute atomic E-state index is 10.9. The Balaban J connectivity index is 2.21. The lowest BCUT2D eigenvalue weighted by Gasteiger charge is -2.10. The van der Waals surface area contributed by atoms with Gasteiger partial charge in [-0.05, 0) is 46.7 Å². The van der Waals surface area contributed by atoms with Gasteiger partial charge in [-0.3, -0.25) is 10.1 Å². The van der Waals surface area contributed by atoms with E-state index in [0.29, 0.717) is 12.0 Å². The van der Waals surface area contributed by atoms with Crippen LogP contribution in [0.1, 0.15) is 16.5 Å². The zero-order valence-electron chi connectivity index (χ0n) is 9.92. The van der Waals surface area contributed by atoms with Crippen molar-refractivity contribution in [1.29, 1.82) is 0 Å². The minimum absolute atomic E-state index is 0.124. The number of nitro benzene ring substituents is 1. The number of hydrogen-bond acceptors (Lipinski definition) is 2. The number of rotatable bonds is 4. The summed E-state index contributed by atoms with van der Waals surface area (Å²) in [5.74, 6) is 0. The van der Waals surface area contributed by atoms with E-state index >= 15 is 0 Å². The predicted octanol–water partition coefficient (Wildman–Crippen LogP) is 4.72. The van der Waals surface area contributed by atoms with Crippen molar-refractivity contribution < 1.29 is 4.92 Å². The lowest BCUT2D eigenvalue weighted by Crippen LogP contribution is -2.00. The number of para-hydroxylation sites is 1. The van der Waals surface area contributed by atoms with Crippen molar-refractivity contribution in [1.82, 2.24) is 0 Å². The molecule has 0 heterocycles. The second kappa shape index (κ2) is 6.34. The maximum atomic E-state index is 10.9. The second-order valence-corrected chi connectivity index (χ2v) is 5.88. The van der Waals surface area contributed by atoms with E-state index in [1.807, 2.05) is 24.3 Å². The van der Waals surface area contributed by atoms with Crippen LogP contribution in [0.3, 0.4) is 0 Å². The highest BCUT2D eigenvalue weighted by Crippen LogP contribution is 2.29. The number of nitrogens with zero attached hydrogens (tertiary/aromatic N) is 1. The van der Waals surface area contributed by atoms with E-state index in [-0.39, 0.29) is 16.0 Å². The minimum Gasteiger partial charge on any atom is -0.258 e. The van der Waals surface area contributed by atoms with Gasteiger partial charge in [-0.15, -0.1) is 11.6 Å². The molecule has 0 saturated heterocycles. The van der Waals surface area contributed by atoms with Crippen molar-refractivity contribution in [2.75, 3.05) is 0 Å². The standard InChI is InChI=1S/C14H11ClINO2/c15-13(10-5-7-12(16)8-6-10)9-11-3-1-2-4-14(11)17(18)19/h1-8,13H,9H2. The van der Waals surface area contributed by atoms with Gasteiger partial charge in [0.05, 0.1) is 10.3 Å². The van der Waals surface area contributed by atoms with E-state index in [1.54, 1.807) is 18.2 Å². The first-order chi connectivity index (χ1) is 9.08. The Labute approximate surface area is 129 Å². The largest absolute Gasteiger partial charge is 0.272 e. The number of halogens is 2. The van der Waals surface area contributed by atoms with Gasteiger partial charge in [0.2, 0.25) is 0 Å². The summed E-state index contributed by atoms with van der Waals surface area (Å²) in [7, 11) is 0. The summed E-state index contributed by atoms with van der Waals surface area (Å²) < 4.78 is 1.14. The fourth-order valence-electron chi connectivity index (χ4n) is 1.84. The molecule has 0 spiro atoms. The van der Waals surface area contributed by atoms with E-state index in [4.69, 9.17) is 11.6 Å². The predicted molar refractivity (Wildman–Crippen MR) is 84.6 cm³/mol. The lowest BCUT2D eigenvalue weighted by atomic mass is 10.0. The topological polar surface area (TPSA) is 43.1 Å². The number of benzene rings is 2. The highest BCUT2D eigenvalue weighted by atomic mass is 127. The smallest absolute Gasteiger partial charge is 0.258 e. The van der Waals surface area contributed by atoms with E-state index in [0.717, 1.165) is 9.13 Å². The summed E-state index contributed by atoms with van der Waals surface area (Å²) in [5.41, 5.74) is 1.75. The van der Waals surface area contributed by atoms with Crippen molar-refractivity contribution in [2.45, 2.75) is 11.8 Å². The van der Waals surface area contributed by atoms with Gasteiger partial charge in [0.25, 0.3) is 5.69 Å². The van der Waals surface area contributed by atoms with Crippen molar-refractivity contribution in [3.05, 3.63) is 73.3 Å². The Morgan fingerprint density at radius 2 is 1.79 bits per heavy atom. The van der Waals surface area contributed by atoms with Crippen LogP contribution in [0.25, 0.3) is 0 Å². The molecule has 0 N–H and O–H groups in total. The van der Waals surface area contributed by atoms with Gasteiger partial charge in [-0.25, -0.2) is 0 Å². The molecule has 0 aromatic heterocycles. The molecule has 0 bridgehead atoms. The average Bonchev–Trinajstić information content (AvgIpc) is 2.39. The Bertz CT molecular complexity index is 586. The van der Waals surface area contributed by atoms with E-state index < -0.39 is 0 Å². The van der Waals surface area contributed by atoms with Gasteiger partial charge in [-0.2, -0.15) is 0 Å². The van der Waals surface area contributed by atoms with Crippen LogP contribution in [-0.4, -0.2) is 4.92 Å². The SMILES string of the molecule is O=[N+]([O-])c1ccccc1CC(Cl)c1ccc(I)cc1. The Morgan fingerprint density at radius 1 is 1.16 bits per heavy atom. The molecule has 5 heteroatoms. The fourth-order valence-corrected chi connectivity index (χ4v) is 2.52. The van der Waals surface area contributed by atoms with Gasteiger partial charge < -0.3 is 0 Å². The molecule has 0 aliphatic carbocycles. The fraction of sp³-hybridized carbons (Fsp3) is 0.143. The second-order valence-electron chi connectivity index (χ2n) is 4.11. The first-order valence-corrected chi connectivity index (χ1v) is 7.21. The molecule has 0 amide bonds. The van der Waals surface area contributed by atoms with E-state index in [2.05, 4.69) is 22.6 Å². The summed E-state index contributed by atoms with van der Waals surface area (Å²) in [5, 5.41) is 10.7. The number of hydrogen-bond donors (Lipinski definition) is 0. The van der Waals surface area contributed by atoms with Crippen molar-refractivity contribution in [2.24, 2.45) is 0 Å². The molecule has 0 aliphatic rings. The molecule has 0 radical (unpaired) electrons. The van der Waals surface area contributed by atoms with Gasteiger partial charge in [0.15, 0.2) is 0 Å². The molecule has 19 heavy (non-hydrogen) atoms. The molecule has 2 aromatic rings. The average molecular weight is 388 g/mol. The Kier molecular flexibility index (Phi) is 4.76. The Hall–Kier alpha value is -1.14. The molecular weight excluding hydrogens is 377 g/mol. The van der Waals surface area contributed by atoms with Crippen LogP contribution in [0.5, 0.6) is 0 Å². The minimum atomic E-state index is -0.368. The third-order valence-electron chi connectivity index (χ3n) is 2.82. The molecule has 1 unspecified atom stereocenters. The summed E-state index contributed by atoms with van der Waals surface area (Å²) in [4.78, 5) is 10.6. The van der Waals surface area contributed by atoms with Crippen molar-refractivity contribution in [3.8, 4) is 0 Å². The van der Waals surface area contributed by atoms with Gasteiger partial charge >= 0.3 is 0 Å². The van der Waals surface area contributed by atoms with Crippen LogP contribution in [0.4, 0.5) is 5.69 Å². The summed E-state index contributed by atoms with van der Waals surface area (Å²) in [6.07, 6.45) is 0.444. The molecule has 2 rings (SSSR count). The Morgan fingerprint density at radius 3 is 2.42 bits per heavy atom. The molecule has 98 valence electrons. The summed E-state index contributed by atoms with van der Waals surface area (Å²) in [6.45, 7) is 0. The molecule has 0 fully saturated rings. The van der Waals surface area contributed by atoms with Crippen molar-refractivity contribution >= 4 is 39.9 Å². The molecule has 2 aromatic carbocycles. The summed E-state index contributed by atoms with van der Waals surface area (Å²) in [6, 6.07) is 14.6. The van der Waals surface area contributed by atoms with Crippen LogP contribution in [0.2, 0.25) is 0 Å². The van der Waals surface area contributed by atoms with Crippen LogP contribution >= 0.6 is 34.2 Å². The molecule has 0 aliphatic heterocycles. The maximum Gasteiger partial charge on any atom is 0.272 e. The van der Waals surface area contributed by atoms with Gasteiger partial charge in [0, 0.05) is 15.2 Å². The first-order valence-electron chi connectivity index (χ1n) is 5.70. The zero-order chi connectivity index (χ0) is 13.8. The van der Waals surface area contributed by atoms with Crippen LogP contribution < -0.4 is 0 Å². The highest BCUT2D eigenvalue weighted by Gasteiger charge is 2.17. The monoisotopic (exact) mass is 387 g/mol. The molecule has 0 saturated carbocycles. The molecule has 3 nitrogen and oxygen atoms in total. The summed E-state index contributed by atoms with van der Waals surface area (Å²) >= 11 is 8.57. The molecular formula is C14H11ClINO2. The quantitative estimate of drug-likeness (QED) is 0.330. The third kappa shape index (κ3) is 3.67. The first kappa shape index (κ1) is 14.3. The van der Waals surface area contributed by atoms with Crippen LogP contribution in [0.15, 0.2) is 48.5 Å². The lowest BCUT2D eigenvalue weighted by molar-refractivity contribution is -0.385. The normalized spacial score (nSPS) is 12.1. The number of nitro groups is 1. The van der Waals surface area contributed by atoms with Gasteiger partial charge in [-0.1, -0.05) is 30.3 Å². The van der Waals surface area contributed by atoms with E-state index in [9.17, 15) is 10.1 Å². The number of alkyl halides is 1. The van der Waals surface area contributed by atoms with Crippen LogP contribution in [0, 0.1) is 13.7 Å².